The van der Waals surface area contributed by atoms with Crippen LogP contribution in [-0.4, -0.2) is 277 Å². The van der Waals surface area contributed by atoms with Gasteiger partial charge in [-0.3, -0.25) is 81.7 Å². The smallest absolute Gasteiger partial charge is 0.305 e. The lowest BCUT2D eigenvalue weighted by atomic mass is 9.98. The van der Waals surface area contributed by atoms with Gasteiger partial charge in [0.05, 0.1) is 31.8 Å². The third-order valence-corrected chi connectivity index (χ3v) is 23.0. The van der Waals surface area contributed by atoms with Crippen molar-refractivity contribution in [2.24, 2.45) is 17.6 Å². The number of aromatic hydroxyl groups is 2. The maximum absolute atomic E-state index is 15.5. The van der Waals surface area contributed by atoms with E-state index in [1.807, 2.05) is 6.92 Å². The second kappa shape index (κ2) is 48.8. The molecule has 7 aromatic rings. The number of carbonyl (C=O) groups is 16. The van der Waals surface area contributed by atoms with Gasteiger partial charge in [-0.15, -0.1) is 11.8 Å². The van der Waals surface area contributed by atoms with Gasteiger partial charge in [-0.05, 0) is 101 Å². The lowest BCUT2D eigenvalue weighted by molar-refractivity contribution is -0.151. The highest BCUT2D eigenvalue weighted by atomic mass is 32.2. The fourth-order valence-electron chi connectivity index (χ4n) is 14.9. The van der Waals surface area contributed by atoms with Crippen LogP contribution in [0.4, 0.5) is 0 Å². The standard InChI is InChI=1S/C92H117N17O19S/c1-11-12-27-73-90(126)106(7)51-78(114)98-69(47-80(116)117)86(122)104-81(55(4)5)92(128)108(9)74(44-56-21-15-13-16-22-56)87(123)102-70(42-59-30-34-63(111)35-31-59)88(124)105(6)50-77(113)97-68(46-61-48-95-65-26-20-19-25-64(61)65)85(121)101-67(41-58-28-32-62(110)33-29-58)84(120)100-66(40-54(2)3)83(119)103-72(82(118)96-49-76(93)112)52-129-53-79(115)99-71(43-60-36-38-94-39-37-60)89(125)109(10)75(91(127)107(73)8)45-57-23-17-14-18-24-57/h13-26,28-39,48,54-55,66-75,81,95,110-111H,11-12,27,40-47,49-53H2,1-10H3,(H2,93,112)(H,96,118)(H,97,113)(H,98,114)(H,99,115)(H,100,120)(H,101,121)(H,102,123)(H,103,119)(H,104,122)(H,116,117)/t66-,67-,68-,69?,70-,71-,72-,73-,74-,75-,81-/m0/s1. The van der Waals surface area contributed by atoms with Gasteiger partial charge in [0.1, 0.15) is 78.0 Å². The molecule has 1 saturated heterocycles. The summed E-state index contributed by atoms with van der Waals surface area (Å²) in [6.07, 6.45) is 2.95. The van der Waals surface area contributed by atoms with Crippen LogP contribution >= 0.6 is 11.8 Å². The number of para-hydroxylation sites is 1. The number of fused-ring (bicyclic) bond motifs is 1. The summed E-state index contributed by atoms with van der Waals surface area (Å²) in [5, 5.41) is 55.5. The molecular weight excluding hydrogens is 1680 g/mol. The Kier molecular flexibility index (Phi) is 38.1. The zero-order chi connectivity index (χ0) is 94.3. The molecule has 0 spiro atoms. The van der Waals surface area contributed by atoms with Gasteiger partial charge in [-0.1, -0.05) is 151 Å². The molecule has 2 aromatic heterocycles. The van der Waals surface area contributed by atoms with Crippen molar-refractivity contribution in [3.05, 3.63) is 198 Å². The van der Waals surface area contributed by atoms with Crippen LogP contribution in [-0.2, 0) is 115 Å². The second-order valence-electron chi connectivity index (χ2n) is 32.9. The molecule has 15 amide bonds. The first-order valence-electron chi connectivity index (χ1n) is 42.5. The lowest BCUT2D eigenvalue weighted by Gasteiger charge is -2.37. The summed E-state index contributed by atoms with van der Waals surface area (Å²) in [5.74, 6) is -17.6. The summed E-state index contributed by atoms with van der Waals surface area (Å²) in [5.41, 5.74) is 9.03. The first kappa shape index (κ1) is 101. The minimum atomic E-state index is -1.91. The molecule has 690 valence electrons. The number of pyridine rings is 1. The maximum Gasteiger partial charge on any atom is 0.305 e. The number of nitrogens with one attached hydrogen (secondary N) is 10. The predicted octanol–water partition coefficient (Wildman–Crippen LogP) is 1.72. The van der Waals surface area contributed by atoms with Crippen molar-refractivity contribution in [1.29, 1.82) is 0 Å². The van der Waals surface area contributed by atoms with E-state index in [4.69, 9.17) is 5.73 Å². The molecule has 0 radical (unpaired) electrons. The monoisotopic (exact) mass is 1800 g/mol. The van der Waals surface area contributed by atoms with Crippen LogP contribution in [0.1, 0.15) is 100 Å². The number of unbranched alkanes of at least 4 members (excludes halogenated alkanes) is 1. The van der Waals surface area contributed by atoms with Crippen LogP contribution in [0.5, 0.6) is 11.5 Å². The van der Waals surface area contributed by atoms with Crippen molar-refractivity contribution in [2.75, 3.05) is 66.4 Å². The van der Waals surface area contributed by atoms with Crippen molar-refractivity contribution in [2.45, 2.75) is 172 Å². The van der Waals surface area contributed by atoms with Gasteiger partial charge in [0, 0.05) is 109 Å². The molecule has 1 aliphatic heterocycles. The molecule has 1 fully saturated rings. The summed E-state index contributed by atoms with van der Waals surface area (Å²) >= 11 is 0.819. The van der Waals surface area contributed by atoms with Gasteiger partial charge < -0.3 is 98.4 Å². The first-order chi connectivity index (χ1) is 61.4. The van der Waals surface area contributed by atoms with Gasteiger partial charge in [0.25, 0.3) is 0 Å². The fraction of sp³-hybridized carbons (Fsp3) is 0.424. The van der Waals surface area contributed by atoms with Crippen LogP contribution < -0.4 is 53.6 Å². The number of H-pyrrole nitrogens is 1. The highest BCUT2D eigenvalue weighted by molar-refractivity contribution is 8.00. The highest BCUT2D eigenvalue weighted by Gasteiger charge is 2.42. The molecule has 1 aliphatic rings. The van der Waals surface area contributed by atoms with E-state index in [1.54, 1.807) is 131 Å². The Hall–Kier alpha value is -13.7. The Balaban J connectivity index is 1.21. The van der Waals surface area contributed by atoms with Gasteiger partial charge >= 0.3 is 5.97 Å². The number of nitrogens with zero attached hydrogens (tertiary/aromatic N) is 6. The number of amides is 15. The first-order valence-corrected chi connectivity index (χ1v) is 43.7. The van der Waals surface area contributed by atoms with Crippen molar-refractivity contribution in [3.8, 4) is 11.5 Å². The summed E-state index contributed by atoms with van der Waals surface area (Å²) < 4.78 is 0. The molecule has 129 heavy (non-hydrogen) atoms. The van der Waals surface area contributed by atoms with Crippen molar-refractivity contribution < 1.29 is 92.0 Å². The number of hydrogen-bond donors (Lipinski definition) is 14. The SMILES string of the molecule is CCCC[C@H]1C(=O)N(C)CC(=O)NC(CC(=O)O)C(=O)N[C@@H](C(C)C)C(=O)N(C)[C@@H](Cc2ccccc2)C(=O)N[C@@H](Cc2ccc(O)cc2)C(=O)N(C)CC(=O)N[C@@H](Cc2c[nH]c3ccccc23)C(=O)N[C@@H](Cc2ccc(O)cc2)C(=O)N[C@@H](CC(C)C)C(=O)N[C@H](C(=O)NCC(N)=O)CSCC(=O)N[C@@H](Cc2ccncc2)C(=O)N(C)[C@@H](Cc2ccccc2)C(=O)N1C. The number of aromatic amines is 1. The number of rotatable bonds is 23. The summed E-state index contributed by atoms with van der Waals surface area (Å²) in [4.78, 5) is 247. The maximum atomic E-state index is 15.5. The number of aliphatic carboxylic acids is 1. The van der Waals surface area contributed by atoms with Gasteiger partial charge in [-0.2, -0.15) is 0 Å². The minimum Gasteiger partial charge on any atom is -0.508 e. The van der Waals surface area contributed by atoms with Gasteiger partial charge in [0.15, 0.2) is 0 Å². The molecule has 0 bridgehead atoms. The number of carboxylic acids is 1. The number of carboxylic acid groups (broad SMARTS) is 1. The summed E-state index contributed by atoms with van der Waals surface area (Å²) in [6, 6.07) is 21.7. The second-order valence-corrected chi connectivity index (χ2v) is 34.0. The van der Waals surface area contributed by atoms with Gasteiger partial charge in [-0.25, -0.2) is 0 Å². The zero-order valence-corrected chi connectivity index (χ0v) is 74.8. The Bertz CT molecular complexity index is 5070. The van der Waals surface area contributed by atoms with E-state index in [-0.39, 0.29) is 68.8 Å². The minimum absolute atomic E-state index is 0.0240. The topological polar surface area (TPSA) is 513 Å². The molecule has 15 N–H and O–H groups in total. The van der Waals surface area contributed by atoms with Crippen molar-refractivity contribution >= 4 is 117 Å². The number of likely N-dealkylation sites (N-methyl/N-ethyl adjacent to an activating group) is 5. The van der Waals surface area contributed by atoms with E-state index < -0.39 is 205 Å². The van der Waals surface area contributed by atoms with E-state index in [0.717, 1.165) is 36.3 Å². The average molecular weight is 1800 g/mol. The molecule has 0 saturated carbocycles. The lowest BCUT2D eigenvalue weighted by Crippen LogP contribution is -2.61. The summed E-state index contributed by atoms with van der Waals surface area (Å²) in [6.45, 7) is 6.15. The number of carbonyl (C=O) groups excluding carboxylic acids is 15. The van der Waals surface area contributed by atoms with Crippen LogP contribution in [0.15, 0.2) is 164 Å². The van der Waals surface area contributed by atoms with Gasteiger partial charge in [0.2, 0.25) is 88.6 Å². The number of nitrogens with two attached hydrogens (primary N) is 1. The predicted molar refractivity (Wildman–Crippen MR) is 480 cm³/mol. The van der Waals surface area contributed by atoms with Crippen molar-refractivity contribution in [3.63, 3.8) is 0 Å². The quantitative estimate of drug-likeness (QED) is 0.0433. The molecule has 37 heteroatoms. The Morgan fingerprint density at radius 2 is 0.946 bits per heavy atom. The van der Waals surface area contributed by atoms with Crippen LogP contribution in [0.25, 0.3) is 10.9 Å². The zero-order valence-electron chi connectivity index (χ0n) is 74.0. The van der Waals surface area contributed by atoms with Crippen LogP contribution in [0, 0.1) is 11.8 Å². The highest BCUT2D eigenvalue weighted by Crippen LogP contribution is 2.25. The number of aromatic nitrogens is 2. The Labute approximate surface area is 752 Å². The summed E-state index contributed by atoms with van der Waals surface area (Å²) in [7, 11) is 6.51. The number of primary amides is 1. The number of phenolic OH excluding ortho intramolecular Hbond substituents is 2. The molecular formula is C92H117N17O19S. The third-order valence-electron chi connectivity index (χ3n) is 22.0. The fourth-order valence-corrected chi connectivity index (χ4v) is 15.7. The Morgan fingerprint density at radius 3 is 1.50 bits per heavy atom. The Morgan fingerprint density at radius 1 is 0.481 bits per heavy atom. The number of thioether (sulfide) groups is 1. The molecule has 5 aromatic carbocycles. The van der Waals surface area contributed by atoms with Crippen LogP contribution in [0.3, 0.4) is 0 Å². The third kappa shape index (κ3) is 30.5. The van der Waals surface area contributed by atoms with E-state index in [9.17, 15) is 58.5 Å². The normalized spacial score (nSPS) is 21.9. The molecule has 11 atom stereocenters. The molecule has 8 rings (SSSR count). The molecule has 36 nitrogen and oxygen atoms in total. The average Bonchev–Trinajstić information content (AvgIpc) is 1.50. The van der Waals surface area contributed by atoms with E-state index in [2.05, 4.69) is 57.8 Å². The van der Waals surface area contributed by atoms with Crippen molar-refractivity contribution in [1.82, 2.24) is 82.3 Å². The molecule has 0 aliphatic carbocycles. The van der Waals surface area contributed by atoms with E-state index in [1.165, 1.54) is 96.2 Å². The van der Waals surface area contributed by atoms with E-state index in [0.29, 0.717) is 57.1 Å². The molecule has 1 unspecified atom stereocenters. The number of benzene rings is 5. The largest absolute Gasteiger partial charge is 0.508 e. The van der Waals surface area contributed by atoms with E-state index >= 15 is 33.6 Å². The van der Waals surface area contributed by atoms with Crippen LogP contribution in [0.2, 0.25) is 0 Å². The number of phenols is 2. The number of hydrogen-bond acceptors (Lipinski definition) is 20. The molecule has 3 heterocycles.